The molecule has 0 atom stereocenters. The molecule has 0 unspecified atom stereocenters. The highest BCUT2D eigenvalue weighted by atomic mass is 32.2. The molecule has 29 heavy (non-hydrogen) atoms. The van der Waals surface area contributed by atoms with Crippen molar-refractivity contribution in [3.63, 3.8) is 0 Å². The number of benzene rings is 2. The van der Waals surface area contributed by atoms with Gasteiger partial charge in [-0.25, -0.2) is 8.42 Å². The third-order valence-electron chi connectivity index (χ3n) is 4.93. The molecular formula is C21H25N3O4S. The van der Waals surface area contributed by atoms with Crippen LogP contribution in [0.15, 0.2) is 53.4 Å². The number of amides is 2. The Bertz CT molecular complexity index is 995. The van der Waals surface area contributed by atoms with Gasteiger partial charge in [-0.2, -0.15) is 4.31 Å². The van der Waals surface area contributed by atoms with Gasteiger partial charge >= 0.3 is 0 Å². The van der Waals surface area contributed by atoms with E-state index in [1.807, 2.05) is 6.92 Å². The highest BCUT2D eigenvalue weighted by Gasteiger charge is 2.32. The summed E-state index contributed by atoms with van der Waals surface area (Å²) in [6.07, 6.45) is 0.921. The molecule has 1 heterocycles. The standard InChI is InChI=1S/C21H25N3O4S/c1-15-6-8-20(9-7-15)29(27,28)24-12-10-17(11-13-24)21(26)23-19-5-3-4-18(14-19)22-16(2)25/h3-9,14,17H,10-13H2,1-2H3,(H,22,25)(H,23,26). The van der Waals surface area contributed by atoms with Crippen LogP contribution in [0, 0.1) is 12.8 Å². The van der Waals surface area contributed by atoms with E-state index in [4.69, 9.17) is 0 Å². The monoisotopic (exact) mass is 415 g/mol. The molecular weight excluding hydrogens is 390 g/mol. The average Bonchev–Trinajstić information content (AvgIpc) is 2.68. The van der Waals surface area contributed by atoms with Gasteiger partial charge in [0.1, 0.15) is 0 Å². The number of sulfonamides is 1. The molecule has 0 spiro atoms. The zero-order valence-electron chi connectivity index (χ0n) is 16.5. The Hall–Kier alpha value is -2.71. The predicted octanol–water partition coefficient (Wildman–Crippen LogP) is 2.99. The van der Waals surface area contributed by atoms with Crippen LogP contribution in [0.25, 0.3) is 0 Å². The topological polar surface area (TPSA) is 95.6 Å². The number of hydrogen-bond acceptors (Lipinski definition) is 4. The molecule has 1 fully saturated rings. The maximum absolute atomic E-state index is 12.8. The van der Waals surface area contributed by atoms with Gasteiger partial charge in [0.25, 0.3) is 0 Å². The second-order valence-corrected chi connectivity index (χ2v) is 9.18. The van der Waals surface area contributed by atoms with E-state index in [1.54, 1.807) is 48.5 Å². The largest absolute Gasteiger partial charge is 0.326 e. The molecule has 1 saturated heterocycles. The molecule has 0 aliphatic carbocycles. The Morgan fingerprint density at radius 1 is 0.966 bits per heavy atom. The number of piperidine rings is 1. The second kappa shape index (κ2) is 8.75. The Labute approximate surface area is 171 Å². The predicted molar refractivity (Wildman–Crippen MR) is 112 cm³/mol. The Morgan fingerprint density at radius 3 is 2.14 bits per heavy atom. The average molecular weight is 416 g/mol. The smallest absolute Gasteiger partial charge is 0.243 e. The lowest BCUT2D eigenvalue weighted by atomic mass is 9.97. The molecule has 1 aliphatic rings. The second-order valence-electron chi connectivity index (χ2n) is 7.24. The van der Waals surface area contributed by atoms with E-state index in [0.717, 1.165) is 5.56 Å². The first-order valence-corrected chi connectivity index (χ1v) is 10.9. The van der Waals surface area contributed by atoms with Crippen LogP contribution in [-0.4, -0.2) is 37.6 Å². The summed E-state index contributed by atoms with van der Waals surface area (Å²) in [5.41, 5.74) is 2.20. The van der Waals surface area contributed by atoms with Gasteiger partial charge in [-0.15, -0.1) is 0 Å². The van der Waals surface area contributed by atoms with Crippen molar-refractivity contribution in [2.75, 3.05) is 23.7 Å². The first kappa shape index (κ1) is 21.0. The summed E-state index contributed by atoms with van der Waals surface area (Å²) in [6, 6.07) is 13.7. The number of carbonyl (C=O) groups excluding carboxylic acids is 2. The van der Waals surface area contributed by atoms with E-state index in [1.165, 1.54) is 11.2 Å². The van der Waals surface area contributed by atoms with Crippen LogP contribution in [0.4, 0.5) is 11.4 Å². The molecule has 3 rings (SSSR count). The number of hydrogen-bond donors (Lipinski definition) is 2. The number of rotatable bonds is 5. The van der Waals surface area contributed by atoms with E-state index >= 15 is 0 Å². The molecule has 2 aromatic carbocycles. The normalized spacial score (nSPS) is 15.7. The fourth-order valence-corrected chi connectivity index (χ4v) is 4.81. The van der Waals surface area contributed by atoms with Gasteiger partial charge < -0.3 is 10.6 Å². The molecule has 2 N–H and O–H groups in total. The molecule has 0 radical (unpaired) electrons. The van der Waals surface area contributed by atoms with Crippen molar-refractivity contribution < 1.29 is 18.0 Å². The Morgan fingerprint density at radius 2 is 1.55 bits per heavy atom. The van der Waals surface area contributed by atoms with Gasteiger partial charge in [0.15, 0.2) is 0 Å². The molecule has 0 aromatic heterocycles. The van der Waals surface area contributed by atoms with Crippen molar-refractivity contribution in [2.24, 2.45) is 5.92 Å². The van der Waals surface area contributed by atoms with Crippen LogP contribution >= 0.6 is 0 Å². The number of aryl methyl sites for hydroxylation is 1. The molecule has 0 bridgehead atoms. The van der Waals surface area contributed by atoms with Crippen molar-refractivity contribution in [1.29, 1.82) is 0 Å². The highest BCUT2D eigenvalue weighted by Crippen LogP contribution is 2.25. The lowest BCUT2D eigenvalue weighted by molar-refractivity contribution is -0.121. The maximum Gasteiger partial charge on any atom is 0.243 e. The first-order chi connectivity index (χ1) is 13.8. The summed E-state index contributed by atoms with van der Waals surface area (Å²) in [6.45, 7) is 3.94. The van der Waals surface area contributed by atoms with Crippen LogP contribution in [0.5, 0.6) is 0 Å². The Kier molecular flexibility index (Phi) is 6.34. The minimum absolute atomic E-state index is 0.141. The van der Waals surface area contributed by atoms with E-state index in [-0.39, 0.29) is 22.6 Å². The third kappa shape index (κ3) is 5.21. The van der Waals surface area contributed by atoms with Crippen molar-refractivity contribution in [1.82, 2.24) is 4.31 Å². The molecule has 0 saturated carbocycles. The van der Waals surface area contributed by atoms with Crippen molar-refractivity contribution >= 4 is 33.2 Å². The molecule has 154 valence electrons. The SMILES string of the molecule is CC(=O)Nc1cccc(NC(=O)C2CCN(S(=O)(=O)c3ccc(C)cc3)CC2)c1. The van der Waals surface area contributed by atoms with Crippen molar-refractivity contribution in [3.05, 3.63) is 54.1 Å². The quantitative estimate of drug-likeness (QED) is 0.785. The lowest BCUT2D eigenvalue weighted by Crippen LogP contribution is -2.41. The van der Waals surface area contributed by atoms with E-state index < -0.39 is 10.0 Å². The van der Waals surface area contributed by atoms with Gasteiger partial charge in [-0.1, -0.05) is 23.8 Å². The third-order valence-corrected chi connectivity index (χ3v) is 6.85. The van der Waals surface area contributed by atoms with Crippen LogP contribution in [-0.2, 0) is 19.6 Å². The summed E-state index contributed by atoms with van der Waals surface area (Å²) in [5, 5.41) is 5.53. The summed E-state index contributed by atoms with van der Waals surface area (Å²) in [7, 11) is -3.54. The van der Waals surface area contributed by atoms with Gasteiger partial charge in [0.05, 0.1) is 4.90 Å². The number of nitrogens with zero attached hydrogens (tertiary/aromatic N) is 1. The summed E-state index contributed by atoms with van der Waals surface area (Å²) < 4.78 is 27.0. The highest BCUT2D eigenvalue weighted by molar-refractivity contribution is 7.89. The van der Waals surface area contributed by atoms with Crippen molar-refractivity contribution in [2.45, 2.75) is 31.6 Å². The number of carbonyl (C=O) groups is 2. The maximum atomic E-state index is 12.8. The van der Waals surface area contributed by atoms with Gasteiger partial charge in [-0.3, -0.25) is 9.59 Å². The van der Waals surface area contributed by atoms with Gasteiger partial charge in [-0.05, 0) is 50.1 Å². The fourth-order valence-electron chi connectivity index (χ4n) is 3.34. The minimum atomic E-state index is -3.54. The first-order valence-electron chi connectivity index (χ1n) is 9.51. The number of anilines is 2. The van der Waals surface area contributed by atoms with E-state index in [0.29, 0.717) is 37.3 Å². The minimum Gasteiger partial charge on any atom is -0.326 e. The van der Waals surface area contributed by atoms with Crippen LogP contribution in [0.1, 0.15) is 25.3 Å². The molecule has 1 aliphatic heterocycles. The number of nitrogens with one attached hydrogen (secondary N) is 2. The van der Waals surface area contributed by atoms with Crippen LogP contribution in [0.3, 0.4) is 0 Å². The summed E-state index contributed by atoms with van der Waals surface area (Å²) in [5.74, 6) is -0.586. The zero-order valence-corrected chi connectivity index (χ0v) is 17.3. The Balaban J connectivity index is 1.59. The zero-order chi connectivity index (χ0) is 21.0. The van der Waals surface area contributed by atoms with Crippen molar-refractivity contribution in [3.8, 4) is 0 Å². The molecule has 2 aromatic rings. The van der Waals surface area contributed by atoms with Gasteiger partial charge in [0, 0.05) is 37.3 Å². The fraction of sp³-hybridized carbons (Fsp3) is 0.333. The lowest BCUT2D eigenvalue weighted by Gasteiger charge is -2.30. The van der Waals surface area contributed by atoms with Crippen LogP contribution < -0.4 is 10.6 Å². The summed E-state index contributed by atoms with van der Waals surface area (Å²) >= 11 is 0. The van der Waals surface area contributed by atoms with Gasteiger partial charge in [0.2, 0.25) is 21.8 Å². The summed E-state index contributed by atoms with van der Waals surface area (Å²) in [4.78, 5) is 24.0. The molecule has 7 nitrogen and oxygen atoms in total. The van der Waals surface area contributed by atoms with E-state index in [2.05, 4.69) is 10.6 Å². The molecule has 2 amide bonds. The van der Waals surface area contributed by atoms with E-state index in [9.17, 15) is 18.0 Å². The molecule has 8 heteroatoms. The van der Waals surface area contributed by atoms with Crippen LogP contribution in [0.2, 0.25) is 0 Å².